The normalized spacial score (nSPS) is 20.2. The van der Waals surface area contributed by atoms with Crippen LogP contribution in [0.15, 0.2) is 57.2 Å². The fourth-order valence-corrected chi connectivity index (χ4v) is 7.17. The lowest BCUT2D eigenvalue weighted by Gasteiger charge is -2.43. The highest BCUT2D eigenvalue weighted by molar-refractivity contribution is 8.01. The zero-order valence-electron chi connectivity index (χ0n) is 19.4. The molecule has 33 heavy (non-hydrogen) atoms. The summed E-state index contributed by atoms with van der Waals surface area (Å²) >= 11 is 3.44. The number of anilines is 1. The van der Waals surface area contributed by atoms with Gasteiger partial charge in [-0.15, -0.1) is 23.1 Å². The molecule has 2 heterocycles. The summed E-state index contributed by atoms with van der Waals surface area (Å²) in [6, 6.07) is 10.8. The predicted molar refractivity (Wildman–Crippen MR) is 134 cm³/mol. The van der Waals surface area contributed by atoms with Crippen LogP contribution in [0.3, 0.4) is 0 Å². The minimum absolute atomic E-state index is 0.00420. The Morgan fingerprint density at radius 3 is 2.67 bits per heavy atom. The highest BCUT2D eigenvalue weighted by Crippen LogP contribution is 2.52. The van der Waals surface area contributed by atoms with Crippen molar-refractivity contribution in [2.75, 3.05) is 10.7 Å². The van der Waals surface area contributed by atoms with Crippen LogP contribution >= 0.6 is 23.1 Å². The molecule has 7 heteroatoms. The van der Waals surface area contributed by atoms with E-state index in [1.54, 1.807) is 46.2 Å². The van der Waals surface area contributed by atoms with Gasteiger partial charge < -0.3 is 5.73 Å². The van der Waals surface area contributed by atoms with E-state index in [4.69, 9.17) is 5.73 Å². The van der Waals surface area contributed by atoms with Crippen molar-refractivity contribution >= 4 is 34.6 Å². The maximum absolute atomic E-state index is 14.9. The maximum Gasteiger partial charge on any atom is 0.162 e. The number of thioether (sulfide) groups is 1. The summed E-state index contributed by atoms with van der Waals surface area (Å²) < 4.78 is 16.1. The molecule has 1 aliphatic heterocycles. The molecule has 0 bridgehead atoms. The summed E-state index contributed by atoms with van der Waals surface area (Å²) in [4.78, 5) is 16.5. The van der Waals surface area contributed by atoms with E-state index in [-0.39, 0.29) is 22.7 Å². The van der Waals surface area contributed by atoms with Crippen molar-refractivity contribution in [1.82, 2.24) is 0 Å². The molecule has 4 rings (SSSR count). The topological polar surface area (TPSA) is 70.1 Å². The number of nitrogens with two attached hydrogens (primary N) is 1. The van der Waals surface area contributed by atoms with Gasteiger partial charge in [0.05, 0.1) is 27.5 Å². The van der Waals surface area contributed by atoms with E-state index in [2.05, 4.69) is 26.0 Å². The molecule has 0 radical (unpaired) electrons. The lowest BCUT2D eigenvalue weighted by Crippen LogP contribution is -2.42. The van der Waals surface area contributed by atoms with Gasteiger partial charge in [0.25, 0.3) is 0 Å². The number of para-hydroxylation sites is 1. The second kappa shape index (κ2) is 9.00. The van der Waals surface area contributed by atoms with Crippen LogP contribution in [-0.2, 0) is 11.2 Å². The Labute approximate surface area is 203 Å². The van der Waals surface area contributed by atoms with Gasteiger partial charge in [0.2, 0.25) is 0 Å². The van der Waals surface area contributed by atoms with E-state index in [0.717, 1.165) is 21.9 Å². The van der Waals surface area contributed by atoms with Crippen molar-refractivity contribution in [3.63, 3.8) is 0 Å². The van der Waals surface area contributed by atoms with E-state index >= 15 is 0 Å². The number of hydrogen-bond acceptors (Lipinski definition) is 6. The third-order valence-corrected chi connectivity index (χ3v) is 8.67. The average Bonchev–Trinajstić information content (AvgIpc) is 3.16. The summed E-state index contributed by atoms with van der Waals surface area (Å²) in [5, 5.41) is 10.2. The lowest BCUT2D eigenvalue weighted by atomic mass is 9.69. The Morgan fingerprint density at radius 1 is 1.30 bits per heavy atom. The molecule has 1 aromatic heterocycles. The third-order valence-electron chi connectivity index (χ3n) is 6.19. The van der Waals surface area contributed by atoms with Gasteiger partial charge in [-0.25, -0.2) is 4.39 Å². The van der Waals surface area contributed by atoms with Gasteiger partial charge in [0.15, 0.2) is 5.78 Å². The highest BCUT2D eigenvalue weighted by atomic mass is 32.2. The molecule has 1 atom stereocenters. The average molecular weight is 482 g/mol. The van der Waals surface area contributed by atoms with E-state index < -0.39 is 11.7 Å². The van der Waals surface area contributed by atoms with Crippen LogP contribution in [0.5, 0.6) is 0 Å². The monoisotopic (exact) mass is 481 g/mol. The molecule has 4 nitrogen and oxygen atoms in total. The number of benzene rings is 1. The van der Waals surface area contributed by atoms with Gasteiger partial charge in [0.1, 0.15) is 11.6 Å². The Balaban J connectivity index is 2.03. The van der Waals surface area contributed by atoms with Crippen LogP contribution in [0.25, 0.3) is 0 Å². The van der Waals surface area contributed by atoms with E-state index in [1.807, 2.05) is 13.8 Å². The van der Waals surface area contributed by atoms with Gasteiger partial charge in [-0.2, -0.15) is 5.26 Å². The zero-order chi connectivity index (χ0) is 23.9. The number of hydrogen-bond donors (Lipinski definition) is 1. The summed E-state index contributed by atoms with van der Waals surface area (Å²) in [5.74, 6) is 0.129. The number of carbonyl (C=O) groups is 1. The first kappa shape index (κ1) is 23.6. The quantitative estimate of drug-likeness (QED) is 0.494. The van der Waals surface area contributed by atoms with Gasteiger partial charge in [-0.3, -0.25) is 9.69 Å². The fourth-order valence-electron chi connectivity index (χ4n) is 4.79. The molecule has 0 spiro atoms. The molecule has 0 amide bonds. The van der Waals surface area contributed by atoms with Gasteiger partial charge >= 0.3 is 0 Å². The molecule has 2 N–H and O–H groups in total. The lowest BCUT2D eigenvalue weighted by molar-refractivity contribution is -0.118. The smallest absolute Gasteiger partial charge is 0.162 e. The highest BCUT2D eigenvalue weighted by Gasteiger charge is 2.45. The third kappa shape index (κ3) is 4.11. The first-order valence-corrected chi connectivity index (χ1v) is 13.0. The summed E-state index contributed by atoms with van der Waals surface area (Å²) in [6.45, 7) is 8.28. The Bertz CT molecular complexity index is 1220. The van der Waals surface area contributed by atoms with Crippen molar-refractivity contribution in [2.45, 2.75) is 57.1 Å². The number of allylic oxidation sites excluding steroid dienone is 3. The number of ketones is 1. The Hall–Kier alpha value is -2.56. The van der Waals surface area contributed by atoms with Crippen LogP contribution in [0, 0.1) is 22.6 Å². The van der Waals surface area contributed by atoms with Gasteiger partial charge in [-0.1, -0.05) is 39.8 Å². The van der Waals surface area contributed by atoms with Crippen molar-refractivity contribution < 1.29 is 9.18 Å². The first-order chi connectivity index (χ1) is 15.7. The van der Waals surface area contributed by atoms with Crippen molar-refractivity contribution in [3.8, 4) is 6.07 Å². The molecule has 0 fully saturated rings. The number of nitrogens with zero attached hydrogens (tertiary/aromatic N) is 2. The summed E-state index contributed by atoms with van der Waals surface area (Å²) in [7, 11) is 0. The number of nitriles is 1. The maximum atomic E-state index is 14.9. The molecule has 2 aromatic rings. The number of aryl methyl sites for hydroxylation is 1. The van der Waals surface area contributed by atoms with E-state index in [0.29, 0.717) is 29.7 Å². The van der Waals surface area contributed by atoms with Crippen molar-refractivity contribution in [2.24, 2.45) is 11.1 Å². The van der Waals surface area contributed by atoms with Crippen LogP contribution in [0.4, 0.5) is 10.1 Å². The van der Waals surface area contributed by atoms with Crippen LogP contribution in [-0.4, -0.2) is 11.5 Å². The zero-order valence-corrected chi connectivity index (χ0v) is 21.0. The first-order valence-electron chi connectivity index (χ1n) is 11.2. The summed E-state index contributed by atoms with van der Waals surface area (Å²) in [6.07, 6.45) is 1.83. The minimum atomic E-state index is -0.526. The van der Waals surface area contributed by atoms with Crippen molar-refractivity contribution in [1.29, 1.82) is 5.26 Å². The standard InChI is InChI=1S/C26H28FN3OS2/c1-5-15-11-16(25(33-15)32-6-2)22-17(14-28)24(29)30(19-10-8-7-9-18(19)27)20-12-26(3,4)13-21(31)23(20)22/h7-11,22H,5-6,12-13,29H2,1-4H3/t22-/m1/s1. The number of carbonyl (C=O) groups excluding carboxylic acids is 1. The Morgan fingerprint density at radius 2 is 2.03 bits per heavy atom. The molecule has 172 valence electrons. The molecular formula is C26H28FN3OS2. The van der Waals surface area contributed by atoms with Crippen LogP contribution in [0.1, 0.15) is 56.9 Å². The Kier molecular flexibility index (Phi) is 6.43. The van der Waals surface area contributed by atoms with Gasteiger partial charge in [0, 0.05) is 22.6 Å². The van der Waals surface area contributed by atoms with Crippen molar-refractivity contribution in [3.05, 3.63) is 69.3 Å². The number of rotatable bonds is 5. The molecule has 0 saturated heterocycles. The molecule has 0 unspecified atom stereocenters. The van der Waals surface area contributed by atoms with Gasteiger partial charge in [-0.05, 0) is 47.8 Å². The van der Waals surface area contributed by atoms with Crippen LogP contribution < -0.4 is 10.6 Å². The van der Waals surface area contributed by atoms with E-state index in [9.17, 15) is 14.4 Å². The largest absolute Gasteiger partial charge is 0.384 e. The fraction of sp³-hybridized carbons (Fsp3) is 0.385. The molecule has 1 aliphatic carbocycles. The van der Waals surface area contributed by atoms with Crippen LogP contribution in [0.2, 0.25) is 0 Å². The molecule has 0 saturated carbocycles. The SMILES string of the molecule is CCSc1sc(CC)cc1[C@@H]1C(C#N)=C(N)N(c2ccccc2F)C2=C1C(=O)CC(C)(C)C2. The predicted octanol–water partition coefficient (Wildman–Crippen LogP) is 6.50. The minimum Gasteiger partial charge on any atom is -0.384 e. The second-order valence-corrected chi connectivity index (χ2v) is 11.8. The number of halogens is 1. The second-order valence-electron chi connectivity index (χ2n) is 9.17. The number of thiophene rings is 1. The molecular weight excluding hydrogens is 453 g/mol. The number of Topliss-reactive ketones (excluding diaryl/α,β-unsaturated/α-hetero) is 1. The summed E-state index contributed by atoms with van der Waals surface area (Å²) in [5.41, 5.74) is 9.18. The molecule has 2 aliphatic rings. The van der Waals surface area contributed by atoms with E-state index in [1.165, 1.54) is 10.9 Å². The molecule has 1 aromatic carbocycles.